The van der Waals surface area contributed by atoms with E-state index in [2.05, 4.69) is 17.6 Å². The third-order valence-electron chi connectivity index (χ3n) is 3.67. The minimum absolute atomic E-state index is 0.0653. The maximum atomic E-state index is 12.0. The summed E-state index contributed by atoms with van der Waals surface area (Å²) in [6, 6.07) is 14.5. The van der Waals surface area contributed by atoms with Crippen molar-refractivity contribution in [2.24, 2.45) is 0 Å². The fraction of sp³-hybridized carbons (Fsp3) is 0.300. The molecule has 5 heteroatoms. The van der Waals surface area contributed by atoms with Crippen molar-refractivity contribution in [3.63, 3.8) is 0 Å². The maximum Gasteiger partial charge on any atom is 0.262 e. The molecule has 2 N–H and O–H groups in total. The minimum Gasteiger partial charge on any atom is -0.484 e. The molecule has 0 heterocycles. The van der Waals surface area contributed by atoms with Crippen LogP contribution in [-0.2, 0) is 11.2 Å². The molecular formula is C20H24N2O3. The number of aryl methyl sites for hydroxylation is 1. The Balaban J connectivity index is 1.82. The van der Waals surface area contributed by atoms with Gasteiger partial charge in [-0.25, -0.2) is 0 Å². The predicted molar refractivity (Wildman–Crippen MR) is 99.0 cm³/mol. The van der Waals surface area contributed by atoms with Gasteiger partial charge >= 0.3 is 0 Å². The Morgan fingerprint density at radius 1 is 0.960 bits per heavy atom. The first kappa shape index (κ1) is 18.5. The number of anilines is 1. The lowest BCUT2D eigenvalue weighted by molar-refractivity contribution is -0.118. The van der Waals surface area contributed by atoms with E-state index in [1.54, 1.807) is 24.3 Å². The zero-order valence-corrected chi connectivity index (χ0v) is 14.7. The second-order valence-corrected chi connectivity index (χ2v) is 5.67. The van der Waals surface area contributed by atoms with Gasteiger partial charge < -0.3 is 15.4 Å². The average Bonchev–Trinajstić information content (AvgIpc) is 2.65. The van der Waals surface area contributed by atoms with Crippen molar-refractivity contribution in [3.8, 4) is 5.75 Å². The summed E-state index contributed by atoms with van der Waals surface area (Å²) >= 11 is 0. The fourth-order valence-corrected chi connectivity index (χ4v) is 2.21. The second-order valence-electron chi connectivity index (χ2n) is 5.67. The van der Waals surface area contributed by atoms with Crippen molar-refractivity contribution in [2.75, 3.05) is 18.5 Å². The Kier molecular flexibility index (Phi) is 7.01. The van der Waals surface area contributed by atoms with Crippen LogP contribution in [0.4, 0.5) is 5.69 Å². The van der Waals surface area contributed by atoms with Crippen LogP contribution in [0.25, 0.3) is 0 Å². The summed E-state index contributed by atoms with van der Waals surface area (Å²) in [6.07, 6.45) is 1.86. The van der Waals surface area contributed by atoms with E-state index in [0.29, 0.717) is 23.5 Å². The number of hydrogen-bond donors (Lipinski definition) is 2. The van der Waals surface area contributed by atoms with Crippen molar-refractivity contribution in [1.82, 2.24) is 5.32 Å². The predicted octanol–water partition coefficient (Wildman–Crippen LogP) is 3.41. The van der Waals surface area contributed by atoms with Crippen LogP contribution >= 0.6 is 0 Å². The average molecular weight is 340 g/mol. The summed E-state index contributed by atoms with van der Waals surface area (Å²) in [5, 5.41) is 5.56. The van der Waals surface area contributed by atoms with Gasteiger partial charge in [0.25, 0.3) is 11.8 Å². The molecule has 0 saturated carbocycles. The molecule has 0 spiro atoms. The summed E-state index contributed by atoms with van der Waals surface area (Å²) in [4.78, 5) is 23.8. The molecule has 0 aromatic heterocycles. The Bertz CT molecular complexity index is 694. The summed E-state index contributed by atoms with van der Waals surface area (Å²) in [5.41, 5.74) is 2.42. The van der Waals surface area contributed by atoms with E-state index in [-0.39, 0.29) is 18.4 Å². The molecule has 0 atom stereocenters. The highest BCUT2D eigenvalue weighted by Gasteiger charge is 2.07. The van der Waals surface area contributed by atoms with Crippen LogP contribution in [0.2, 0.25) is 0 Å². The molecule has 2 aromatic rings. The third kappa shape index (κ3) is 5.95. The largest absolute Gasteiger partial charge is 0.484 e. The van der Waals surface area contributed by atoms with Crippen molar-refractivity contribution >= 4 is 17.5 Å². The molecule has 5 nitrogen and oxygen atoms in total. The van der Waals surface area contributed by atoms with Crippen LogP contribution in [0.3, 0.4) is 0 Å². The molecule has 132 valence electrons. The van der Waals surface area contributed by atoms with Gasteiger partial charge in [-0.15, -0.1) is 0 Å². The van der Waals surface area contributed by atoms with Gasteiger partial charge in [0.05, 0.1) is 0 Å². The summed E-state index contributed by atoms with van der Waals surface area (Å²) in [6.45, 7) is 4.67. The molecule has 0 radical (unpaired) electrons. The third-order valence-corrected chi connectivity index (χ3v) is 3.67. The van der Waals surface area contributed by atoms with Crippen molar-refractivity contribution in [2.45, 2.75) is 26.7 Å². The number of hydrogen-bond acceptors (Lipinski definition) is 3. The van der Waals surface area contributed by atoms with E-state index >= 15 is 0 Å². The van der Waals surface area contributed by atoms with Crippen LogP contribution in [0.15, 0.2) is 48.5 Å². The van der Waals surface area contributed by atoms with E-state index in [4.69, 9.17) is 4.74 Å². The highest BCUT2D eigenvalue weighted by atomic mass is 16.5. The SMILES string of the molecule is CCCNC(=O)c1ccc(NC(=O)COc2ccc(CC)cc2)cc1. The number of carbonyl (C=O) groups excluding carboxylic acids is 2. The Labute approximate surface area is 148 Å². The molecule has 2 aromatic carbocycles. The molecule has 25 heavy (non-hydrogen) atoms. The van der Waals surface area contributed by atoms with Crippen LogP contribution in [0.1, 0.15) is 36.2 Å². The quantitative estimate of drug-likeness (QED) is 0.774. The number of carbonyl (C=O) groups is 2. The van der Waals surface area contributed by atoms with Gasteiger partial charge in [-0.1, -0.05) is 26.0 Å². The van der Waals surface area contributed by atoms with Gasteiger partial charge in [0.1, 0.15) is 5.75 Å². The summed E-state index contributed by atoms with van der Waals surface area (Å²) < 4.78 is 5.47. The first-order chi connectivity index (χ1) is 12.1. The van der Waals surface area contributed by atoms with Crippen molar-refractivity contribution in [3.05, 3.63) is 59.7 Å². The second kappa shape index (κ2) is 9.47. The first-order valence-corrected chi connectivity index (χ1v) is 8.52. The van der Waals surface area contributed by atoms with E-state index in [1.165, 1.54) is 5.56 Å². The molecule has 0 unspecified atom stereocenters. The van der Waals surface area contributed by atoms with Crippen LogP contribution in [0, 0.1) is 0 Å². The summed E-state index contributed by atoms with van der Waals surface area (Å²) in [7, 11) is 0. The number of nitrogens with one attached hydrogen (secondary N) is 2. The van der Waals surface area contributed by atoms with Crippen molar-refractivity contribution < 1.29 is 14.3 Å². The van der Waals surface area contributed by atoms with Gasteiger partial charge in [0.2, 0.25) is 0 Å². The lowest BCUT2D eigenvalue weighted by Gasteiger charge is -2.09. The highest BCUT2D eigenvalue weighted by Crippen LogP contribution is 2.13. The van der Waals surface area contributed by atoms with Gasteiger partial charge in [-0.3, -0.25) is 9.59 Å². The standard InChI is InChI=1S/C20H24N2O3/c1-3-13-21-20(24)16-7-9-17(10-8-16)22-19(23)14-25-18-11-5-15(4-2)6-12-18/h5-12H,3-4,13-14H2,1-2H3,(H,21,24)(H,22,23). The molecule has 2 rings (SSSR count). The Hall–Kier alpha value is -2.82. The van der Waals surface area contributed by atoms with E-state index in [1.807, 2.05) is 31.2 Å². The van der Waals surface area contributed by atoms with Gasteiger partial charge in [0, 0.05) is 17.8 Å². The minimum atomic E-state index is -0.247. The molecule has 0 saturated heterocycles. The number of amides is 2. The van der Waals surface area contributed by atoms with E-state index < -0.39 is 0 Å². The van der Waals surface area contributed by atoms with Crippen LogP contribution < -0.4 is 15.4 Å². The monoisotopic (exact) mass is 340 g/mol. The number of rotatable bonds is 8. The molecule has 2 amide bonds. The van der Waals surface area contributed by atoms with Gasteiger partial charge in [-0.2, -0.15) is 0 Å². The fourth-order valence-electron chi connectivity index (χ4n) is 2.21. The molecule has 0 fully saturated rings. The topological polar surface area (TPSA) is 67.4 Å². The zero-order valence-electron chi connectivity index (χ0n) is 14.7. The van der Waals surface area contributed by atoms with Crippen molar-refractivity contribution in [1.29, 1.82) is 0 Å². The molecule has 0 aliphatic rings. The van der Waals surface area contributed by atoms with Crippen LogP contribution in [0.5, 0.6) is 5.75 Å². The molecule has 0 aliphatic heterocycles. The van der Waals surface area contributed by atoms with Crippen LogP contribution in [-0.4, -0.2) is 25.0 Å². The number of benzene rings is 2. The molecule has 0 bridgehead atoms. The lowest BCUT2D eigenvalue weighted by atomic mass is 10.2. The Morgan fingerprint density at radius 3 is 2.24 bits per heavy atom. The Morgan fingerprint density at radius 2 is 1.64 bits per heavy atom. The zero-order chi connectivity index (χ0) is 18.1. The molecular weight excluding hydrogens is 316 g/mol. The van der Waals surface area contributed by atoms with Gasteiger partial charge in [-0.05, 0) is 54.8 Å². The van der Waals surface area contributed by atoms with Gasteiger partial charge in [0.15, 0.2) is 6.61 Å². The highest BCUT2D eigenvalue weighted by molar-refractivity contribution is 5.96. The normalized spacial score (nSPS) is 10.2. The van der Waals surface area contributed by atoms with E-state index in [9.17, 15) is 9.59 Å². The van der Waals surface area contributed by atoms with E-state index in [0.717, 1.165) is 12.8 Å². The number of ether oxygens (including phenoxy) is 1. The lowest BCUT2D eigenvalue weighted by Crippen LogP contribution is -2.24. The summed E-state index contributed by atoms with van der Waals surface area (Å²) in [5.74, 6) is 0.302. The smallest absolute Gasteiger partial charge is 0.262 e. The maximum absolute atomic E-state index is 12.0. The first-order valence-electron chi connectivity index (χ1n) is 8.52. The molecule has 0 aliphatic carbocycles.